The zero-order chi connectivity index (χ0) is 15.1. The van der Waals surface area contributed by atoms with Gasteiger partial charge in [0.15, 0.2) is 0 Å². The molecule has 0 aliphatic heterocycles. The largest absolute Gasteiger partial charge is 0.300 e. The maximum Gasteiger partial charge on any atom is 0.133 e. The van der Waals surface area contributed by atoms with Gasteiger partial charge in [0.25, 0.3) is 0 Å². The smallest absolute Gasteiger partial charge is 0.133 e. The highest BCUT2D eigenvalue weighted by Gasteiger charge is 2.00. The number of allylic oxidation sites excluding steroid dienone is 2. The molecule has 0 spiro atoms. The molecule has 0 aromatic heterocycles. The molecule has 0 bridgehead atoms. The fourth-order valence-corrected chi connectivity index (χ4v) is 2.29. The predicted octanol–water partition coefficient (Wildman–Crippen LogP) is 5.40. The highest BCUT2D eigenvalue weighted by Crippen LogP contribution is 2.11. The zero-order valence-electron chi connectivity index (χ0n) is 13.5. The van der Waals surface area contributed by atoms with Crippen molar-refractivity contribution in [1.29, 1.82) is 0 Å². The van der Waals surface area contributed by atoms with Gasteiger partial charge in [-0.2, -0.15) is 0 Å². The Morgan fingerprint density at radius 1 is 0.750 bits per heavy atom. The van der Waals surface area contributed by atoms with Crippen LogP contribution in [0.25, 0.3) is 0 Å². The molecule has 0 radical (unpaired) electrons. The lowest BCUT2D eigenvalue weighted by molar-refractivity contribution is -0.119. The number of hydrogen-bond donors (Lipinski definition) is 0. The molecule has 0 aromatic rings. The van der Waals surface area contributed by atoms with Crippen LogP contribution in [0.4, 0.5) is 0 Å². The van der Waals surface area contributed by atoms with Crippen LogP contribution in [0.1, 0.15) is 90.9 Å². The monoisotopic (exact) mass is 280 g/mol. The summed E-state index contributed by atoms with van der Waals surface area (Å²) in [7, 11) is 0. The van der Waals surface area contributed by atoms with Crippen LogP contribution in [-0.2, 0) is 9.59 Å². The normalized spacial score (nSPS) is 11.1. The van der Waals surface area contributed by atoms with Crippen molar-refractivity contribution in [3.63, 3.8) is 0 Å². The summed E-state index contributed by atoms with van der Waals surface area (Å²) in [5, 5.41) is 0. The van der Waals surface area contributed by atoms with Gasteiger partial charge in [0, 0.05) is 19.3 Å². The number of unbranched alkanes of at least 4 members (excludes halogenated alkanes) is 7. The Kier molecular flexibility index (Phi) is 13.8. The lowest BCUT2D eigenvalue weighted by Gasteiger charge is -2.02. The van der Waals surface area contributed by atoms with E-state index in [1.165, 1.54) is 38.5 Å². The molecular weight excluding hydrogens is 248 g/mol. The number of carbonyl (C=O) groups excluding carboxylic acids is 2. The van der Waals surface area contributed by atoms with E-state index < -0.39 is 0 Å². The molecule has 0 amide bonds. The minimum absolute atomic E-state index is 0.309. The summed E-state index contributed by atoms with van der Waals surface area (Å²) >= 11 is 0. The fraction of sp³-hybridized carbons (Fsp3) is 0.778. The summed E-state index contributed by atoms with van der Waals surface area (Å²) in [5.74, 6) is 0.719. The number of rotatable bonds is 14. The van der Waals surface area contributed by atoms with Crippen LogP contribution in [0.3, 0.4) is 0 Å². The van der Waals surface area contributed by atoms with Crippen LogP contribution in [0.15, 0.2) is 12.2 Å². The van der Waals surface area contributed by atoms with Crippen molar-refractivity contribution >= 4 is 11.6 Å². The maximum atomic E-state index is 11.5. The summed E-state index contributed by atoms with van der Waals surface area (Å²) in [4.78, 5) is 22.3. The van der Waals surface area contributed by atoms with Gasteiger partial charge in [0.1, 0.15) is 11.6 Å². The van der Waals surface area contributed by atoms with Gasteiger partial charge in [-0.05, 0) is 33.1 Å². The average Bonchev–Trinajstić information content (AvgIpc) is 2.41. The molecule has 0 fully saturated rings. The molecule has 0 rings (SSSR count). The molecule has 0 N–H and O–H groups in total. The van der Waals surface area contributed by atoms with Gasteiger partial charge in [0.2, 0.25) is 0 Å². The van der Waals surface area contributed by atoms with Gasteiger partial charge < -0.3 is 4.79 Å². The lowest BCUT2D eigenvalue weighted by Crippen LogP contribution is -1.96. The van der Waals surface area contributed by atoms with E-state index in [1.54, 1.807) is 6.92 Å². The molecule has 0 aliphatic rings. The maximum absolute atomic E-state index is 11.5. The first-order valence-corrected chi connectivity index (χ1v) is 8.29. The second-order valence-corrected chi connectivity index (χ2v) is 5.68. The number of hydrogen-bond acceptors (Lipinski definition) is 2. The van der Waals surface area contributed by atoms with E-state index in [2.05, 4.69) is 6.08 Å². The van der Waals surface area contributed by atoms with Gasteiger partial charge in [-0.3, -0.25) is 4.79 Å². The van der Waals surface area contributed by atoms with E-state index in [9.17, 15) is 9.59 Å². The SMILES string of the molecule is C/C=C/CCC(=O)CCCCCCCCCCC(C)=O. The van der Waals surface area contributed by atoms with Crippen molar-refractivity contribution in [2.75, 3.05) is 0 Å². The highest BCUT2D eigenvalue weighted by atomic mass is 16.1. The zero-order valence-corrected chi connectivity index (χ0v) is 13.5. The summed E-state index contributed by atoms with van der Waals surface area (Å²) in [5.41, 5.74) is 0. The number of ketones is 2. The van der Waals surface area contributed by atoms with Crippen LogP contribution in [-0.4, -0.2) is 11.6 Å². The average molecular weight is 280 g/mol. The van der Waals surface area contributed by atoms with Crippen molar-refractivity contribution in [3.8, 4) is 0 Å². The summed E-state index contributed by atoms with van der Waals surface area (Å²) in [6.45, 7) is 3.66. The third-order valence-electron chi connectivity index (χ3n) is 3.56. The Labute approximate surface area is 125 Å². The molecule has 0 atom stereocenters. The third kappa shape index (κ3) is 15.1. The third-order valence-corrected chi connectivity index (χ3v) is 3.56. The van der Waals surface area contributed by atoms with E-state index in [0.29, 0.717) is 18.0 Å². The standard InChI is InChI=1S/C18H32O2/c1-3-4-11-15-18(20)16-13-10-8-6-5-7-9-12-14-17(2)19/h3-4H,5-16H2,1-2H3/b4-3+. The first-order chi connectivity index (χ1) is 9.66. The van der Waals surface area contributed by atoms with Crippen molar-refractivity contribution in [1.82, 2.24) is 0 Å². The Morgan fingerprint density at radius 3 is 1.75 bits per heavy atom. The first-order valence-electron chi connectivity index (χ1n) is 8.29. The van der Waals surface area contributed by atoms with E-state index in [0.717, 1.165) is 32.1 Å². The predicted molar refractivity (Wildman–Crippen MR) is 85.9 cm³/mol. The quantitative estimate of drug-likeness (QED) is 0.315. The van der Waals surface area contributed by atoms with Crippen molar-refractivity contribution in [3.05, 3.63) is 12.2 Å². The van der Waals surface area contributed by atoms with E-state index in [1.807, 2.05) is 13.0 Å². The molecule has 0 aliphatic carbocycles. The minimum atomic E-state index is 0.309. The van der Waals surface area contributed by atoms with E-state index in [-0.39, 0.29) is 0 Å². The molecule has 0 saturated heterocycles. The van der Waals surface area contributed by atoms with Gasteiger partial charge in [0.05, 0.1) is 0 Å². The highest BCUT2D eigenvalue weighted by molar-refractivity contribution is 5.78. The molecular formula is C18H32O2. The molecule has 0 unspecified atom stereocenters. The van der Waals surface area contributed by atoms with Crippen LogP contribution >= 0.6 is 0 Å². The summed E-state index contributed by atoms with van der Waals surface area (Å²) in [6.07, 6.45) is 16.7. The van der Waals surface area contributed by atoms with Gasteiger partial charge in [-0.1, -0.05) is 50.7 Å². The number of carbonyl (C=O) groups is 2. The molecule has 20 heavy (non-hydrogen) atoms. The van der Waals surface area contributed by atoms with Crippen LogP contribution in [0.2, 0.25) is 0 Å². The topological polar surface area (TPSA) is 34.1 Å². The Morgan fingerprint density at radius 2 is 1.25 bits per heavy atom. The molecule has 0 heterocycles. The van der Waals surface area contributed by atoms with Crippen LogP contribution in [0.5, 0.6) is 0 Å². The molecule has 0 saturated carbocycles. The van der Waals surface area contributed by atoms with Gasteiger partial charge >= 0.3 is 0 Å². The second kappa shape index (κ2) is 14.5. The van der Waals surface area contributed by atoms with Gasteiger partial charge in [-0.15, -0.1) is 0 Å². The van der Waals surface area contributed by atoms with Crippen LogP contribution < -0.4 is 0 Å². The Hall–Kier alpha value is -0.920. The fourth-order valence-electron chi connectivity index (χ4n) is 2.29. The molecule has 116 valence electrons. The summed E-state index contributed by atoms with van der Waals surface area (Å²) in [6, 6.07) is 0. The lowest BCUT2D eigenvalue weighted by atomic mass is 10.0. The minimum Gasteiger partial charge on any atom is -0.300 e. The van der Waals surface area contributed by atoms with Crippen molar-refractivity contribution < 1.29 is 9.59 Å². The molecule has 0 aromatic carbocycles. The second-order valence-electron chi connectivity index (χ2n) is 5.68. The van der Waals surface area contributed by atoms with Gasteiger partial charge in [-0.25, -0.2) is 0 Å². The number of Topliss-reactive ketones (excluding diaryl/α,β-unsaturated/α-hetero) is 2. The van der Waals surface area contributed by atoms with Crippen molar-refractivity contribution in [2.24, 2.45) is 0 Å². The first kappa shape index (κ1) is 19.1. The van der Waals surface area contributed by atoms with E-state index >= 15 is 0 Å². The summed E-state index contributed by atoms with van der Waals surface area (Å²) < 4.78 is 0. The molecule has 2 heteroatoms. The van der Waals surface area contributed by atoms with Crippen molar-refractivity contribution in [2.45, 2.75) is 90.9 Å². The Bertz CT molecular complexity index is 279. The van der Waals surface area contributed by atoms with E-state index in [4.69, 9.17) is 0 Å². The van der Waals surface area contributed by atoms with Crippen LogP contribution in [0, 0.1) is 0 Å². The Balaban J connectivity index is 3.16. The molecule has 2 nitrogen and oxygen atoms in total.